The predicted molar refractivity (Wildman–Crippen MR) is 409 cm³/mol. The molecule has 16 rings (SSSR count). The van der Waals surface area contributed by atoms with Crippen LogP contribution in [0.3, 0.4) is 0 Å². The predicted octanol–water partition coefficient (Wildman–Crippen LogP) is 8.83. The zero-order valence-electron chi connectivity index (χ0n) is 65.4. The van der Waals surface area contributed by atoms with E-state index >= 15 is 8.78 Å². The van der Waals surface area contributed by atoms with Crippen molar-refractivity contribution < 1.29 is 82.4 Å². The van der Waals surface area contributed by atoms with Gasteiger partial charge < -0.3 is 74.4 Å². The number of anilines is 2. The van der Waals surface area contributed by atoms with Crippen molar-refractivity contribution in [2.24, 2.45) is 57.2 Å². The van der Waals surface area contributed by atoms with Crippen LogP contribution in [0.25, 0.3) is 21.8 Å². The van der Waals surface area contributed by atoms with Crippen LogP contribution >= 0.6 is 0 Å². The Labute approximate surface area is 639 Å². The van der Waals surface area contributed by atoms with Crippen LogP contribution in [0.2, 0.25) is 0 Å². The number of piperazine rings is 2. The van der Waals surface area contributed by atoms with Gasteiger partial charge in [0, 0.05) is 119 Å². The molecule has 0 bridgehead atoms. The maximum absolute atomic E-state index is 16.4. The third-order valence-corrected chi connectivity index (χ3v) is 28.9. The van der Waals surface area contributed by atoms with Gasteiger partial charge in [0.1, 0.15) is 48.0 Å². The van der Waals surface area contributed by atoms with E-state index in [9.17, 15) is 69.0 Å². The number of ether oxygens (including phenoxy) is 3. The summed E-state index contributed by atoms with van der Waals surface area (Å²) in [7, 11) is 2.95. The molecule has 8 N–H and O–H groups in total. The molecule has 0 amide bonds. The van der Waals surface area contributed by atoms with Crippen molar-refractivity contribution in [1.29, 1.82) is 0 Å². The number of carbonyl (C=O) groups is 6. The van der Waals surface area contributed by atoms with Gasteiger partial charge in [0.05, 0.1) is 53.8 Å². The lowest BCUT2D eigenvalue weighted by molar-refractivity contribution is -0.179. The van der Waals surface area contributed by atoms with Crippen molar-refractivity contribution in [1.82, 2.24) is 19.8 Å². The molecule has 2 aliphatic heterocycles. The molecular formula is C85H108F2N6O17. The Morgan fingerprint density at radius 3 is 1.39 bits per heavy atom. The molecule has 4 aromatic rings. The van der Waals surface area contributed by atoms with Gasteiger partial charge >= 0.3 is 5.97 Å². The Morgan fingerprint density at radius 2 is 1.00 bits per heavy atom. The summed E-state index contributed by atoms with van der Waals surface area (Å²) in [6.07, 6.45) is 18.1. The number of allylic oxidation sites excluding steroid dienone is 8. The number of aryl methyl sites for hydroxylation is 2. The normalized spacial score (nSPS) is 34.1. The van der Waals surface area contributed by atoms with E-state index in [1.54, 1.807) is 52.0 Å². The number of carboxylic acid groups (broad SMARTS) is 1. The molecule has 2 aromatic carbocycles. The maximum Gasteiger partial charge on any atom is 0.341 e. The van der Waals surface area contributed by atoms with E-state index in [0.717, 1.165) is 68.9 Å². The van der Waals surface area contributed by atoms with E-state index < -0.39 is 105 Å². The third-order valence-electron chi connectivity index (χ3n) is 28.9. The molecule has 2 unspecified atom stereocenters. The molecule has 2 saturated heterocycles. The minimum Gasteiger partial charge on any atom is -0.492 e. The van der Waals surface area contributed by atoms with E-state index in [4.69, 9.17) is 14.2 Å². The smallest absolute Gasteiger partial charge is 0.341 e. The Morgan fingerprint density at radius 1 is 0.591 bits per heavy atom. The lowest BCUT2D eigenvalue weighted by Gasteiger charge is -2.59. The fourth-order valence-electron chi connectivity index (χ4n) is 23.3. The molecule has 594 valence electrons. The van der Waals surface area contributed by atoms with Gasteiger partial charge in [-0.15, -0.1) is 0 Å². The molecule has 12 aliphatic rings. The highest BCUT2D eigenvalue weighted by atomic mass is 19.1. The zero-order valence-corrected chi connectivity index (χ0v) is 65.4. The first-order chi connectivity index (χ1) is 52.0. The highest BCUT2D eigenvalue weighted by Gasteiger charge is 2.70. The number of aliphatic hydroxyl groups is 5. The van der Waals surface area contributed by atoms with Crippen molar-refractivity contribution in [3.8, 4) is 11.5 Å². The van der Waals surface area contributed by atoms with Crippen molar-refractivity contribution in [3.05, 3.63) is 113 Å². The number of pyridine rings is 2. The highest BCUT2D eigenvalue weighted by molar-refractivity contribution is 6.05. The molecule has 0 spiro atoms. The number of ketones is 5. The van der Waals surface area contributed by atoms with Gasteiger partial charge in [-0.05, 0) is 179 Å². The number of benzene rings is 2. The Kier molecular flexibility index (Phi) is 20.7. The van der Waals surface area contributed by atoms with Gasteiger partial charge in [0.15, 0.2) is 52.0 Å². The van der Waals surface area contributed by atoms with Crippen LogP contribution in [-0.2, 0) is 23.9 Å². The Bertz CT molecular complexity index is 4800. The second kappa shape index (κ2) is 28.8. The van der Waals surface area contributed by atoms with Crippen molar-refractivity contribution in [3.63, 3.8) is 0 Å². The summed E-state index contributed by atoms with van der Waals surface area (Å²) in [5.41, 5.74) is -2.52. The molecule has 4 heterocycles. The molecule has 16 atom stereocenters. The molecule has 110 heavy (non-hydrogen) atoms. The topological polar surface area (TPSA) is 326 Å². The number of methoxy groups -OCH3 is 2. The van der Waals surface area contributed by atoms with Gasteiger partial charge in [-0.1, -0.05) is 51.0 Å². The summed E-state index contributed by atoms with van der Waals surface area (Å²) < 4.78 is 53.2. The number of aromatic nitrogens is 2. The van der Waals surface area contributed by atoms with Crippen LogP contribution < -0.4 is 40.8 Å². The van der Waals surface area contributed by atoms with E-state index in [1.165, 1.54) is 14.2 Å². The summed E-state index contributed by atoms with van der Waals surface area (Å²) in [6, 6.07) is 0.408. The number of carboxylic acids is 1. The Balaban J connectivity index is 0.000000153. The summed E-state index contributed by atoms with van der Waals surface area (Å²) >= 11 is 0. The lowest BCUT2D eigenvalue weighted by atomic mass is 9.46. The zero-order chi connectivity index (χ0) is 79.3. The van der Waals surface area contributed by atoms with Crippen LogP contribution in [0.4, 0.5) is 20.2 Å². The number of nitrogens with one attached hydrogen (secondary N) is 2. The fraction of sp³-hybridized carbons (Fsp3) is 0.624. The van der Waals surface area contributed by atoms with Crippen LogP contribution in [0.5, 0.6) is 11.5 Å². The van der Waals surface area contributed by atoms with Crippen LogP contribution in [0.1, 0.15) is 187 Å². The molecule has 8 saturated carbocycles. The van der Waals surface area contributed by atoms with Gasteiger partial charge in [-0.2, -0.15) is 0 Å². The second-order valence-electron chi connectivity index (χ2n) is 34.9. The number of rotatable bonds is 15. The number of hydrogen-bond donors (Lipinski definition) is 8. The number of hydrogen-bond acceptors (Lipinski definition) is 20. The second-order valence-corrected chi connectivity index (χ2v) is 34.9. The van der Waals surface area contributed by atoms with Gasteiger partial charge in [-0.3, -0.25) is 33.6 Å². The Hall–Kier alpha value is -7.62. The van der Waals surface area contributed by atoms with Gasteiger partial charge in [0.25, 0.3) is 0 Å². The number of nitrogens with zero attached hydrogens (tertiary/aromatic N) is 4. The quantitative estimate of drug-likeness (QED) is 0.0515. The minimum absolute atomic E-state index is 0.00689. The first kappa shape index (κ1) is 79.0. The van der Waals surface area contributed by atoms with Crippen LogP contribution in [0, 0.1) is 96.5 Å². The van der Waals surface area contributed by atoms with Crippen LogP contribution in [-0.4, -0.2) is 183 Å². The average molecular weight is 1520 g/mol. The molecule has 23 nitrogen and oxygen atoms in total. The standard InChI is InChI=1S/C43H54FN3O8.C21H26FN3O4.C21H28O5/c1-22-19-46(16-15-45-22)38-36(44)23(2)33-37(40(38)54-6)47(26-8-9-26)24(3)34(39(33)52)31(50)20-55-21-32(51)43(53)14-12-29-28-10-7-25-17-27(48)11-13-41(25,4)35(28)30(49)18-42(29,43)5;1-10-9-24(8-7-23-10)18-16(22)11(2)14-17(20(18)29-4)25(13-5-6-13)12(3)15(19(14)26)21(27)28;1-19-7-5-13(23)9-12(19)3-4-14-15-6-8-21(26,17(25)11-22)20(15,2)10-16(24)18(14)19/h11,13,17,22,26,28-30,35,45,49,53H,7-10,12,14-16,18-21H2,1-6H3;10,13,23H,5-9H2,1-4H3,(H,27,28);5,7,9,14-16,18,22,24,26H,3-4,6,8,10-11H2,1-2H3/t22?,28-,29-,30-,35+,41-,42-,43-;;14-,15-,16-,18+,19-,20-,21-/m0.0/s1. The van der Waals surface area contributed by atoms with E-state index in [-0.39, 0.29) is 128 Å². The number of halogens is 2. The van der Waals surface area contributed by atoms with Crippen LogP contribution in [0.15, 0.2) is 57.2 Å². The molecule has 2 aromatic heterocycles. The number of Topliss-reactive ketones (excluding diaryl/α,β-unsaturated/α-hetero) is 3. The first-order valence-electron chi connectivity index (χ1n) is 39.6. The first-order valence-corrected chi connectivity index (χ1v) is 39.6. The fourth-order valence-corrected chi connectivity index (χ4v) is 23.3. The third kappa shape index (κ3) is 12.3. The van der Waals surface area contributed by atoms with Crippen molar-refractivity contribution >= 4 is 68.1 Å². The van der Waals surface area contributed by atoms with Gasteiger partial charge in [0.2, 0.25) is 10.9 Å². The summed E-state index contributed by atoms with van der Waals surface area (Å²) in [5.74, 6) is -3.34. The molecule has 10 aliphatic carbocycles. The number of fused-ring (bicyclic) bond motifs is 12. The highest BCUT2D eigenvalue weighted by Crippen LogP contribution is 2.69. The molecule has 10 fully saturated rings. The van der Waals surface area contributed by atoms with E-state index in [1.807, 2.05) is 58.8 Å². The molecule has 0 radical (unpaired) electrons. The molecular weight excluding hydrogens is 1410 g/mol. The van der Waals surface area contributed by atoms with Gasteiger partial charge in [-0.25, -0.2) is 13.6 Å². The average Bonchev–Trinajstić information content (AvgIpc) is 1.27. The molecule has 25 heteroatoms. The summed E-state index contributed by atoms with van der Waals surface area (Å²) in [4.78, 5) is 107. The minimum atomic E-state index is -1.77. The number of aromatic carboxylic acids is 1. The lowest BCUT2D eigenvalue weighted by Crippen LogP contribution is -2.61. The maximum atomic E-state index is 16.4. The van der Waals surface area contributed by atoms with E-state index in [2.05, 4.69) is 24.5 Å². The SMILES string of the molecule is COc1c(N2CCNC(C)C2)c(F)c(C)c2c(=O)c(C(=O)COCC(=O)[C@@]3(O)CC[C@H]4[C@@H]5CCC6=CC(=O)C=C[C@]6(C)[C@H]5[C@@H](O)C[C@@]43C)c(C)n(C3CC3)c12.COc1c(N2CCNC(C)C2)c(F)c(C)c2c(=O)c(C(=O)O)c(C)n(C3CC3)c12.C[C@]12C=CC(=O)C=C1CC[C@@H]1[C@@H]2[C@@H](O)C[C@@]2(C)[C@H]1CC[C@]2(O)C(=O)CO. The summed E-state index contributed by atoms with van der Waals surface area (Å²) in [6.45, 7) is 20.5. The monoisotopic (exact) mass is 1520 g/mol. The summed E-state index contributed by atoms with van der Waals surface area (Å²) in [5, 5.41) is 72.1. The van der Waals surface area contributed by atoms with Crippen molar-refractivity contribution in [2.75, 3.05) is 83.1 Å². The number of carbonyl (C=O) groups excluding carboxylic acids is 5. The number of aliphatic hydroxyl groups excluding tert-OH is 3. The van der Waals surface area contributed by atoms with Crippen molar-refractivity contribution in [2.45, 2.75) is 207 Å². The largest absolute Gasteiger partial charge is 0.492 e. The van der Waals surface area contributed by atoms with E-state index in [0.29, 0.717) is 98.1 Å².